The maximum absolute atomic E-state index is 12.2. The number of aliphatic hydroxyl groups is 1. The Morgan fingerprint density at radius 3 is 2.50 bits per heavy atom. The Bertz CT molecular complexity index is 307. The van der Waals surface area contributed by atoms with Crippen LogP contribution in [0.25, 0.3) is 0 Å². The van der Waals surface area contributed by atoms with Crippen molar-refractivity contribution in [1.82, 2.24) is 10.2 Å². The zero-order chi connectivity index (χ0) is 13.6. The molecule has 1 unspecified atom stereocenters. The number of rotatable bonds is 8. The minimum atomic E-state index is -0.711. The monoisotopic (exact) mass is 256 g/mol. The smallest absolute Gasteiger partial charge is 0.325 e. The van der Waals surface area contributed by atoms with Gasteiger partial charge in [0.05, 0.1) is 0 Å². The molecule has 2 N–H and O–H groups in total. The van der Waals surface area contributed by atoms with Crippen LogP contribution >= 0.6 is 0 Å². The van der Waals surface area contributed by atoms with Gasteiger partial charge in [-0.2, -0.15) is 0 Å². The minimum absolute atomic E-state index is 0.100. The highest BCUT2D eigenvalue weighted by atomic mass is 16.3. The van der Waals surface area contributed by atoms with Gasteiger partial charge in [-0.3, -0.25) is 9.69 Å². The third-order valence-corrected chi connectivity index (χ3v) is 3.38. The lowest BCUT2D eigenvalue weighted by Gasteiger charge is -2.20. The number of aliphatic hydroxyl groups excluding tert-OH is 1. The molecule has 0 spiro atoms. The molecule has 104 valence electrons. The van der Waals surface area contributed by atoms with Crippen LogP contribution < -0.4 is 5.32 Å². The Morgan fingerprint density at radius 2 is 1.89 bits per heavy atom. The van der Waals surface area contributed by atoms with E-state index >= 15 is 0 Å². The normalized spacial score (nSPS) is 23.6. The van der Waals surface area contributed by atoms with Gasteiger partial charge in [-0.1, -0.05) is 26.2 Å². The predicted octanol–water partition coefficient (Wildman–Crippen LogP) is 1.65. The lowest BCUT2D eigenvalue weighted by atomic mass is 9.96. The van der Waals surface area contributed by atoms with Crippen LogP contribution in [0.1, 0.15) is 52.4 Å². The zero-order valence-electron chi connectivity index (χ0n) is 11.4. The van der Waals surface area contributed by atoms with E-state index in [2.05, 4.69) is 5.32 Å². The molecule has 0 aromatic carbocycles. The van der Waals surface area contributed by atoms with Gasteiger partial charge >= 0.3 is 6.03 Å². The van der Waals surface area contributed by atoms with Crippen molar-refractivity contribution in [2.45, 2.75) is 57.9 Å². The van der Waals surface area contributed by atoms with E-state index in [-0.39, 0.29) is 18.5 Å². The quantitative estimate of drug-likeness (QED) is 0.512. The van der Waals surface area contributed by atoms with Crippen LogP contribution in [0.2, 0.25) is 0 Å². The van der Waals surface area contributed by atoms with Crippen LogP contribution in [0.15, 0.2) is 0 Å². The van der Waals surface area contributed by atoms with Gasteiger partial charge in [0.1, 0.15) is 5.54 Å². The summed E-state index contributed by atoms with van der Waals surface area (Å²) in [7, 11) is 0. The van der Waals surface area contributed by atoms with Crippen LogP contribution in [-0.4, -0.2) is 40.6 Å². The van der Waals surface area contributed by atoms with Crippen molar-refractivity contribution < 1.29 is 14.7 Å². The number of carbonyl (C=O) groups is 2. The highest BCUT2D eigenvalue weighted by molar-refractivity contribution is 6.06. The average molecular weight is 256 g/mol. The maximum atomic E-state index is 12.2. The highest BCUT2D eigenvalue weighted by Crippen LogP contribution is 2.22. The molecule has 0 radical (unpaired) electrons. The van der Waals surface area contributed by atoms with Gasteiger partial charge in [0.2, 0.25) is 0 Å². The predicted molar refractivity (Wildman–Crippen MR) is 69.1 cm³/mol. The van der Waals surface area contributed by atoms with Crippen LogP contribution in [0, 0.1) is 0 Å². The fraction of sp³-hybridized carbons (Fsp3) is 0.846. The van der Waals surface area contributed by atoms with Crippen molar-refractivity contribution in [1.29, 1.82) is 0 Å². The molecule has 1 atom stereocenters. The van der Waals surface area contributed by atoms with E-state index in [1.807, 2.05) is 6.92 Å². The van der Waals surface area contributed by atoms with Crippen LogP contribution in [0.3, 0.4) is 0 Å². The number of imide groups is 1. The Hall–Kier alpha value is -1.10. The number of urea groups is 1. The van der Waals surface area contributed by atoms with Gasteiger partial charge in [0.25, 0.3) is 5.91 Å². The van der Waals surface area contributed by atoms with E-state index in [1.54, 1.807) is 6.92 Å². The molecule has 5 nitrogen and oxygen atoms in total. The van der Waals surface area contributed by atoms with Crippen molar-refractivity contribution in [2.24, 2.45) is 0 Å². The molecule has 1 saturated heterocycles. The third-order valence-electron chi connectivity index (χ3n) is 3.38. The fourth-order valence-electron chi connectivity index (χ4n) is 2.35. The van der Waals surface area contributed by atoms with Crippen LogP contribution in [0.5, 0.6) is 0 Å². The molecular weight excluding hydrogens is 232 g/mol. The van der Waals surface area contributed by atoms with E-state index in [4.69, 9.17) is 5.11 Å². The van der Waals surface area contributed by atoms with Gasteiger partial charge < -0.3 is 10.4 Å². The number of hydrogen-bond donors (Lipinski definition) is 2. The van der Waals surface area contributed by atoms with Crippen molar-refractivity contribution in [3.05, 3.63) is 0 Å². The molecular formula is C13H24N2O3. The molecule has 3 amide bonds. The molecule has 1 aliphatic rings. The summed E-state index contributed by atoms with van der Waals surface area (Å²) in [6.07, 6.45) is 5.01. The first kappa shape index (κ1) is 15.0. The van der Waals surface area contributed by atoms with Crippen molar-refractivity contribution in [2.75, 3.05) is 13.2 Å². The Kier molecular flexibility index (Phi) is 5.59. The molecule has 0 bridgehead atoms. The lowest BCUT2D eigenvalue weighted by Crippen LogP contribution is -2.43. The van der Waals surface area contributed by atoms with Gasteiger partial charge in [0.15, 0.2) is 0 Å². The molecule has 0 aromatic heterocycles. The maximum Gasteiger partial charge on any atom is 0.325 e. The van der Waals surface area contributed by atoms with E-state index in [1.165, 1.54) is 4.90 Å². The highest BCUT2D eigenvalue weighted by Gasteiger charge is 2.46. The van der Waals surface area contributed by atoms with Crippen molar-refractivity contribution in [3.8, 4) is 0 Å². The molecule has 0 aromatic rings. The van der Waals surface area contributed by atoms with Gasteiger partial charge in [-0.15, -0.1) is 0 Å². The lowest BCUT2D eigenvalue weighted by molar-refractivity contribution is -0.131. The zero-order valence-corrected chi connectivity index (χ0v) is 11.4. The standard InChI is InChI=1S/C13H24N2O3/c1-3-8-13(2)11(17)15(12(18)14-13)9-6-4-5-7-10-16/h16H,3-10H2,1-2H3,(H,14,18). The summed E-state index contributed by atoms with van der Waals surface area (Å²) in [6, 6.07) is -0.266. The molecule has 0 saturated carbocycles. The number of carbonyl (C=O) groups excluding carboxylic acids is 2. The van der Waals surface area contributed by atoms with Gasteiger partial charge in [-0.25, -0.2) is 4.79 Å². The SMILES string of the molecule is CCCC1(C)NC(=O)N(CCCCCCO)C1=O. The second-order valence-corrected chi connectivity index (χ2v) is 5.11. The third kappa shape index (κ3) is 3.45. The van der Waals surface area contributed by atoms with E-state index < -0.39 is 5.54 Å². The summed E-state index contributed by atoms with van der Waals surface area (Å²) in [5.74, 6) is -0.100. The van der Waals surface area contributed by atoms with Crippen molar-refractivity contribution >= 4 is 11.9 Å². The van der Waals surface area contributed by atoms with Crippen LogP contribution in [-0.2, 0) is 4.79 Å². The second-order valence-electron chi connectivity index (χ2n) is 5.11. The minimum Gasteiger partial charge on any atom is -0.396 e. The second kappa shape index (κ2) is 6.73. The average Bonchev–Trinajstić information content (AvgIpc) is 2.52. The molecule has 5 heteroatoms. The van der Waals surface area contributed by atoms with E-state index in [9.17, 15) is 9.59 Å². The first-order valence-electron chi connectivity index (χ1n) is 6.80. The molecule has 1 heterocycles. The van der Waals surface area contributed by atoms with Crippen molar-refractivity contribution in [3.63, 3.8) is 0 Å². The molecule has 0 aliphatic carbocycles. The van der Waals surface area contributed by atoms with E-state index in [0.29, 0.717) is 13.0 Å². The topological polar surface area (TPSA) is 69.6 Å². The number of nitrogens with one attached hydrogen (secondary N) is 1. The summed E-state index contributed by atoms with van der Waals surface area (Å²) < 4.78 is 0. The number of unbranched alkanes of at least 4 members (excludes halogenated alkanes) is 3. The molecule has 1 aliphatic heterocycles. The Labute approximate surface area is 109 Å². The summed E-state index contributed by atoms with van der Waals surface area (Å²) in [6.45, 7) is 4.48. The molecule has 1 rings (SSSR count). The first-order chi connectivity index (χ1) is 8.55. The van der Waals surface area contributed by atoms with Gasteiger partial charge in [0, 0.05) is 13.2 Å². The summed E-state index contributed by atoms with van der Waals surface area (Å²) in [5, 5.41) is 11.4. The number of nitrogens with zero attached hydrogens (tertiary/aromatic N) is 1. The van der Waals surface area contributed by atoms with Crippen LogP contribution in [0.4, 0.5) is 4.79 Å². The summed E-state index contributed by atoms with van der Waals surface area (Å²) in [4.78, 5) is 25.2. The molecule has 18 heavy (non-hydrogen) atoms. The molecule has 1 fully saturated rings. The summed E-state index contributed by atoms with van der Waals surface area (Å²) in [5.41, 5.74) is -0.711. The fourth-order valence-corrected chi connectivity index (χ4v) is 2.35. The Balaban J connectivity index is 2.42. The van der Waals surface area contributed by atoms with E-state index in [0.717, 1.165) is 32.1 Å². The summed E-state index contributed by atoms with van der Waals surface area (Å²) >= 11 is 0. The Morgan fingerprint density at radius 1 is 1.22 bits per heavy atom. The largest absolute Gasteiger partial charge is 0.396 e. The van der Waals surface area contributed by atoms with Gasteiger partial charge in [-0.05, 0) is 26.2 Å². The first-order valence-corrected chi connectivity index (χ1v) is 6.80. The number of amides is 3. The number of hydrogen-bond acceptors (Lipinski definition) is 3.